The highest BCUT2D eigenvalue weighted by Crippen LogP contribution is 2.24. The fourth-order valence-electron chi connectivity index (χ4n) is 2.41. The van der Waals surface area contributed by atoms with Crippen LogP contribution in [0.15, 0.2) is 58.2 Å². The zero-order chi connectivity index (χ0) is 19.9. The fourth-order valence-corrected chi connectivity index (χ4v) is 3.00. The molecule has 1 N–H and O–H groups in total. The van der Waals surface area contributed by atoms with Gasteiger partial charge in [-0.1, -0.05) is 23.9 Å². The molecule has 0 saturated heterocycles. The predicted molar refractivity (Wildman–Crippen MR) is 110 cm³/mol. The van der Waals surface area contributed by atoms with Crippen LogP contribution in [-0.2, 0) is 11.3 Å². The van der Waals surface area contributed by atoms with Gasteiger partial charge in [-0.05, 0) is 42.0 Å². The molecule has 1 aromatic heterocycles. The van der Waals surface area contributed by atoms with Crippen LogP contribution in [0.1, 0.15) is 5.56 Å². The minimum atomic E-state index is -0.0918. The fraction of sp³-hybridized carbons (Fsp3) is 0.250. The molecule has 0 spiro atoms. The number of hydrogen-bond donors (Lipinski definition) is 1. The van der Waals surface area contributed by atoms with E-state index in [0.29, 0.717) is 17.7 Å². The Morgan fingerprint density at radius 1 is 1.11 bits per heavy atom. The van der Waals surface area contributed by atoms with Crippen molar-refractivity contribution in [2.75, 3.05) is 31.9 Å². The average Bonchev–Trinajstić information content (AvgIpc) is 3.20. The van der Waals surface area contributed by atoms with Crippen LogP contribution in [0, 0.1) is 0 Å². The molecule has 3 aromatic rings. The first kappa shape index (κ1) is 19.8. The van der Waals surface area contributed by atoms with E-state index in [-0.39, 0.29) is 11.7 Å². The standard InChI is InChI=1S/C20H22N4O3S/c1-24(2)16-8-4-14(5-9-16)12-21-18(25)13-28-20-23-22-19(27-20)15-6-10-17(26-3)11-7-15/h4-11H,12-13H2,1-3H3,(H,21,25). The summed E-state index contributed by atoms with van der Waals surface area (Å²) in [6.07, 6.45) is 0. The summed E-state index contributed by atoms with van der Waals surface area (Å²) in [4.78, 5) is 14.1. The summed E-state index contributed by atoms with van der Waals surface area (Å²) < 4.78 is 10.7. The number of aromatic nitrogens is 2. The third-order valence-electron chi connectivity index (χ3n) is 4.01. The lowest BCUT2D eigenvalue weighted by Gasteiger charge is -2.12. The van der Waals surface area contributed by atoms with Crippen molar-refractivity contribution in [2.24, 2.45) is 0 Å². The van der Waals surface area contributed by atoms with Gasteiger partial charge in [-0.2, -0.15) is 0 Å². The van der Waals surface area contributed by atoms with Crippen molar-refractivity contribution in [3.8, 4) is 17.2 Å². The summed E-state index contributed by atoms with van der Waals surface area (Å²) in [5, 5.41) is 11.3. The van der Waals surface area contributed by atoms with Gasteiger partial charge in [0.2, 0.25) is 11.8 Å². The summed E-state index contributed by atoms with van der Waals surface area (Å²) in [5.74, 6) is 1.28. The first-order chi connectivity index (χ1) is 13.5. The first-order valence-electron chi connectivity index (χ1n) is 8.69. The molecule has 1 heterocycles. The van der Waals surface area contributed by atoms with Gasteiger partial charge in [-0.25, -0.2) is 0 Å². The van der Waals surface area contributed by atoms with Crippen LogP contribution in [0.4, 0.5) is 5.69 Å². The van der Waals surface area contributed by atoms with E-state index in [1.807, 2.05) is 67.5 Å². The Morgan fingerprint density at radius 3 is 2.46 bits per heavy atom. The maximum Gasteiger partial charge on any atom is 0.277 e. The second kappa shape index (κ2) is 9.27. The number of benzene rings is 2. The molecule has 2 aromatic carbocycles. The molecule has 146 valence electrons. The van der Waals surface area contributed by atoms with Crippen LogP contribution in [0.25, 0.3) is 11.5 Å². The van der Waals surface area contributed by atoms with Crippen molar-refractivity contribution in [1.29, 1.82) is 0 Å². The number of carbonyl (C=O) groups is 1. The van der Waals surface area contributed by atoms with Crippen LogP contribution in [0.2, 0.25) is 0 Å². The minimum absolute atomic E-state index is 0.0918. The minimum Gasteiger partial charge on any atom is -0.497 e. The van der Waals surface area contributed by atoms with E-state index in [1.54, 1.807) is 7.11 Å². The molecule has 0 bridgehead atoms. The largest absolute Gasteiger partial charge is 0.497 e. The van der Waals surface area contributed by atoms with Gasteiger partial charge in [-0.15, -0.1) is 10.2 Å². The Hall–Kier alpha value is -3.00. The van der Waals surface area contributed by atoms with Gasteiger partial charge in [0.05, 0.1) is 12.9 Å². The number of amides is 1. The van der Waals surface area contributed by atoms with Gasteiger partial charge in [-0.3, -0.25) is 4.79 Å². The molecule has 0 saturated carbocycles. The van der Waals surface area contributed by atoms with Crippen LogP contribution in [0.5, 0.6) is 5.75 Å². The van der Waals surface area contributed by atoms with E-state index in [2.05, 4.69) is 15.5 Å². The van der Waals surface area contributed by atoms with Gasteiger partial charge in [0.15, 0.2) is 0 Å². The van der Waals surface area contributed by atoms with Crippen LogP contribution < -0.4 is 15.0 Å². The maximum absolute atomic E-state index is 12.1. The molecule has 0 atom stereocenters. The molecule has 28 heavy (non-hydrogen) atoms. The molecule has 0 unspecified atom stereocenters. The third kappa shape index (κ3) is 5.26. The van der Waals surface area contributed by atoms with Crippen LogP contribution in [0.3, 0.4) is 0 Å². The van der Waals surface area contributed by atoms with E-state index in [0.717, 1.165) is 22.6 Å². The Morgan fingerprint density at radius 2 is 1.82 bits per heavy atom. The van der Waals surface area contributed by atoms with E-state index in [9.17, 15) is 4.79 Å². The second-order valence-electron chi connectivity index (χ2n) is 6.23. The summed E-state index contributed by atoms with van der Waals surface area (Å²) in [6, 6.07) is 15.4. The first-order valence-corrected chi connectivity index (χ1v) is 9.67. The molecule has 1 amide bonds. The van der Waals surface area contributed by atoms with Crippen molar-refractivity contribution in [3.63, 3.8) is 0 Å². The molecule has 0 radical (unpaired) electrons. The van der Waals surface area contributed by atoms with E-state index in [4.69, 9.17) is 9.15 Å². The van der Waals surface area contributed by atoms with E-state index < -0.39 is 0 Å². The van der Waals surface area contributed by atoms with Gasteiger partial charge in [0.1, 0.15) is 5.75 Å². The Balaban J connectivity index is 1.47. The molecular weight excluding hydrogens is 376 g/mol. The quantitative estimate of drug-likeness (QED) is 0.584. The summed E-state index contributed by atoms with van der Waals surface area (Å²) in [5.41, 5.74) is 2.96. The number of carbonyl (C=O) groups excluding carboxylic acids is 1. The van der Waals surface area contributed by atoms with Gasteiger partial charge >= 0.3 is 0 Å². The molecule has 7 nitrogen and oxygen atoms in total. The van der Waals surface area contributed by atoms with Crippen molar-refractivity contribution in [3.05, 3.63) is 54.1 Å². The number of anilines is 1. The normalized spacial score (nSPS) is 10.5. The molecule has 3 rings (SSSR count). The lowest BCUT2D eigenvalue weighted by Crippen LogP contribution is -2.24. The number of hydrogen-bond acceptors (Lipinski definition) is 7. The SMILES string of the molecule is COc1ccc(-c2nnc(SCC(=O)NCc3ccc(N(C)C)cc3)o2)cc1. The monoisotopic (exact) mass is 398 g/mol. The molecule has 0 fully saturated rings. The van der Waals surface area contributed by atoms with Crippen molar-refractivity contribution in [1.82, 2.24) is 15.5 Å². The number of thioether (sulfide) groups is 1. The number of ether oxygens (including phenoxy) is 1. The molecular formula is C20H22N4O3S. The molecule has 0 aliphatic heterocycles. The Labute approximate surface area is 168 Å². The Bertz CT molecular complexity index is 908. The smallest absolute Gasteiger partial charge is 0.277 e. The Kier molecular flexibility index (Phi) is 6.54. The third-order valence-corrected chi connectivity index (χ3v) is 4.83. The highest BCUT2D eigenvalue weighted by molar-refractivity contribution is 7.99. The number of rotatable bonds is 8. The highest BCUT2D eigenvalue weighted by Gasteiger charge is 2.11. The summed E-state index contributed by atoms with van der Waals surface area (Å²) >= 11 is 1.21. The predicted octanol–water partition coefficient (Wildman–Crippen LogP) is 3.22. The number of nitrogens with one attached hydrogen (secondary N) is 1. The maximum atomic E-state index is 12.1. The summed E-state index contributed by atoms with van der Waals surface area (Å²) in [6.45, 7) is 0.480. The van der Waals surface area contributed by atoms with E-state index >= 15 is 0 Å². The lowest BCUT2D eigenvalue weighted by atomic mass is 10.2. The molecule has 8 heteroatoms. The molecule has 0 aliphatic rings. The number of methoxy groups -OCH3 is 1. The van der Waals surface area contributed by atoms with Gasteiger partial charge in [0.25, 0.3) is 5.22 Å². The second-order valence-corrected chi connectivity index (χ2v) is 7.15. The van der Waals surface area contributed by atoms with Crippen LogP contribution in [-0.4, -0.2) is 43.1 Å². The zero-order valence-corrected chi connectivity index (χ0v) is 16.8. The van der Waals surface area contributed by atoms with Gasteiger partial charge in [0, 0.05) is 31.9 Å². The molecule has 0 aliphatic carbocycles. The van der Waals surface area contributed by atoms with E-state index in [1.165, 1.54) is 11.8 Å². The van der Waals surface area contributed by atoms with Crippen LogP contribution >= 0.6 is 11.8 Å². The summed E-state index contributed by atoms with van der Waals surface area (Å²) in [7, 11) is 5.59. The van der Waals surface area contributed by atoms with Crippen molar-refractivity contribution < 1.29 is 13.9 Å². The van der Waals surface area contributed by atoms with Gasteiger partial charge < -0.3 is 19.4 Å². The number of nitrogens with zero attached hydrogens (tertiary/aromatic N) is 3. The highest BCUT2D eigenvalue weighted by atomic mass is 32.2. The van der Waals surface area contributed by atoms with Crippen molar-refractivity contribution >= 4 is 23.4 Å². The topological polar surface area (TPSA) is 80.5 Å². The lowest BCUT2D eigenvalue weighted by molar-refractivity contribution is -0.118. The van der Waals surface area contributed by atoms with Crippen molar-refractivity contribution in [2.45, 2.75) is 11.8 Å². The zero-order valence-electron chi connectivity index (χ0n) is 16.0. The average molecular weight is 398 g/mol.